The third-order valence-electron chi connectivity index (χ3n) is 4.68. The van der Waals surface area contributed by atoms with Gasteiger partial charge in [-0.25, -0.2) is 0 Å². The number of imide groups is 1. The molecule has 0 fully saturated rings. The molecule has 28 heavy (non-hydrogen) atoms. The predicted molar refractivity (Wildman–Crippen MR) is 104 cm³/mol. The summed E-state index contributed by atoms with van der Waals surface area (Å²) in [6, 6.07) is 12.8. The zero-order chi connectivity index (χ0) is 19.8. The van der Waals surface area contributed by atoms with Gasteiger partial charge in [0.1, 0.15) is 0 Å². The van der Waals surface area contributed by atoms with E-state index in [0.717, 1.165) is 10.9 Å². The molecule has 0 saturated heterocycles. The summed E-state index contributed by atoms with van der Waals surface area (Å²) in [5.74, 6) is 0.263. The average molecular weight is 378 g/mol. The minimum absolute atomic E-state index is 0.246. The summed E-state index contributed by atoms with van der Waals surface area (Å²) < 4.78 is 16.1. The number of aromatic nitrogens is 1. The van der Waals surface area contributed by atoms with Crippen molar-refractivity contribution in [1.29, 1.82) is 0 Å². The number of H-pyrrole nitrogens is 1. The van der Waals surface area contributed by atoms with E-state index in [1.165, 1.54) is 21.3 Å². The zero-order valence-electron chi connectivity index (χ0n) is 15.6. The van der Waals surface area contributed by atoms with Gasteiger partial charge < -0.3 is 19.2 Å². The van der Waals surface area contributed by atoms with Crippen LogP contribution < -0.4 is 19.5 Å². The molecule has 1 aromatic heterocycles. The second kappa shape index (κ2) is 6.77. The molecule has 1 aliphatic heterocycles. The van der Waals surface area contributed by atoms with Crippen molar-refractivity contribution in [3.8, 4) is 17.2 Å². The first-order valence-corrected chi connectivity index (χ1v) is 8.55. The Morgan fingerprint density at radius 2 is 1.43 bits per heavy atom. The lowest BCUT2D eigenvalue weighted by Crippen LogP contribution is -2.22. The summed E-state index contributed by atoms with van der Waals surface area (Å²) in [5.41, 5.74) is 2.45. The summed E-state index contributed by atoms with van der Waals surface area (Å²) in [4.78, 5) is 28.4. The molecule has 2 heterocycles. The van der Waals surface area contributed by atoms with E-state index in [4.69, 9.17) is 14.2 Å². The predicted octanol–water partition coefficient (Wildman–Crippen LogP) is 2.76. The number of fused-ring (bicyclic) bond motifs is 1. The van der Waals surface area contributed by atoms with Gasteiger partial charge in [-0.3, -0.25) is 14.9 Å². The Hall–Kier alpha value is -3.74. The molecule has 2 aromatic carbocycles. The second-order valence-electron chi connectivity index (χ2n) is 6.22. The molecule has 7 heteroatoms. The van der Waals surface area contributed by atoms with Gasteiger partial charge in [0.05, 0.1) is 38.2 Å². The number of rotatable bonds is 5. The second-order valence-corrected chi connectivity index (χ2v) is 6.22. The number of methoxy groups -OCH3 is 3. The minimum atomic E-state index is -0.479. The van der Waals surface area contributed by atoms with E-state index in [0.29, 0.717) is 28.5 Å². The summed E-state index contributed by atoms with van der Waals surface area (Å²) in [6.45, 7) is 0. The van der Waals surface area contributed by atoms with E-state index in [1.54, 1.807) is 12.1 Å². The molecule has 0 unspecified atom stereocenters. The van der Waals surface area contributed by atoms with Crippen LogP contribution in [0.25, 0.3) is 22.0 Å². The number of benzene rings is 2. The van der Waals surface area contributed by atoms with E-state index in [9.17, 15) is 9.59 Å². The Morgan fingerprint density at radius 1 is 0.786 bits per heavy atom. The lowest BCUT2D eigenvalue weighted by atomic mass is 9.98. The standard InChI is InChI=1S/C21H18N2O5/c1-26-15-9-12(10-16(27-2)19(15)28-3)17-18(21(25)23-20(17)24)14-8-11-6-4-5-7-13(11)22-14/h4-10,22H,1-3H3,(H,23,24,25). The maximum atomic E-state index is 12.6. The maximum absolute atomic E-state index is 12.6. The van der Waals surface area contributed by atoms with Crippen LogP contribution in [-0.2, 0) is 9.59 Å². The average Bonchev–Trinajstić information content (AvgIpc) is 3.26. The lowest BCUT2D eigenvalue weighted by Gasteiger charge is -2.14. The highest BCUT2D eigenvalue weighted by Gasteiger charge is 2.34. The number of hydrogen-bond donors (Lipinski definition) is 2. The van der Waals surface area contributed by atoms with E-state index < -0.39 is 11.8 Å². The van der Waals surface area contributed by atoms with Crippen LogP contribution in [0.3, 0.4) is 0 Å². The molecule has 2 N–H and O–H groups in total. The van der Waals surface area contributed by atoms with Crippen molar-refractivity contribution in [3.63, 3.8) is 0 Å². The third kappa shape index (κ3) is 2.68. The van der Waals surface area contributed by atoms with Gasteiger partial charge in [-0.1, -0.05) is 18.2 Å². The number of hydrogen-bond acceptors (Lipinski definition) is 5. The molecule has 0 spiro atoms. The van der Waals surface area contributed by atoms with Crippen LogP contribution >= 0.6 is 0 Å². The zero-order valence-corrected chi connectivity index (χ0v) is 15.6. The van der Waals surface area contributed by atoms with Crippen LogP contribution in [0.5, 0.6) is 17.2 Å². The fraction of sp³-hybridized carbons (Fsp3) is 0.143. The molecule has 0 saturated carbocycles. The summed E-state index contributed by atoms with van der Waals surface area (Å²) in [7, 11) is 4.49. The molecule has 4 rings (SSSR count). The minimum Gasteiger partial charge on any atom is -0.493 e. The number of aromatic amines is 1. The highest BCUT2D eigenvalue weighted by atomic mass is 16.5. The Bertz CT molecular complexity index is 1080. The Kier molecular flexibility index (Phi) is 4.27. The fourth-order valence-electron chi connectivity index (χ4n) is 3.42. The van der Waals surface area contributed by atoms with Crippen LogP contribution in [0.2, 0.25) is 0 Å². The largest absolute Gasteiger partial charge is 0.493 e. The van der Waals surface area contributed by atoms with Crippen molar-refractivity contribution in [2.75, 3.05) is 21.3 Å². The molecule has 0 aliphatic carbocycles. The SMILES string of the molecule is COc1cc(C2=C(c3cc4ccccc4[nH]3)C(=O)NC2=O)cc(OC)c1OC. The van der Waals surface area contributed by atoms with Crippen molar-refractivity contribution < 1.29 is 23.8 Å². The molecule has 0 radical (unpaired) electrons. The smallest absolute Gasteiger partial charge is 0.261 e. The molecule has 1 aliphatic rings. The van der Waals surface area contributed by atoms with Crippen molar-refractivity contribution in [2.45, 2.75) is 0 Å². The van der Waals surface area contributed by atoms with Crippen LogP contribution in [0.4, 0.5) is 0 Å². The van der Waals surface area contributed by atoms with Crippen molar-refractivity contribution in [3.05, 3.63) is 53.7 Å². The van der Waals surface area contributed by atoms with E-state index in [2.05, 4.69) is 10.3 Å². The molecule has 0 bridgehead atoms. The summed E-state index contributed by atoms with van der Waals surface area (Å²) in [5, 5.41) is 3.32. The van der Waals surface area contributed by atoms with Gasteiger partial charge in [-0.2, -0.15) is 0 Å². The van der Waals surface area contributed by atoms with E-state index in [-0.39, 0.29) is 11.1 Å². The highest BCUT2D eigenvalue weighted by Crippen LogP contribution is 2.42. The summed E-state index contributed by atoms with van der Waals surface area (Å²) >= 11 is 0. The first-order chi connectivity index (χ1) is 13.6. The number of nitrogens with one attached hydrogen (secondary N) is 2. The van der Waals surface area contributed by atoms with Crippen molar-refractivity contribution in [1.82, 2.24) is 10.3 Å². The first-order valence-electron chi connectivity index (χ1n) is 8.55. The van der Waals surface area contributed by atoms with Gasteiger partial charge in [0.15, 0.2) is 11.5 Å². The van der Waals surface area contributed by atoms with E-state index in [1.807, 2.05) is 30.3 Å². The molecule has 142 valence electrons. The van der Waals surface area contributed by atoms with Gasteiger partial charge in [-0.05, 0) is 29.8 Å². The molecule has 2 amide bonds. The monoisotopic (exact) mass is 378 g/mol. The normalized spacial score (nSPS) is 13.8. The topological polar surface area (TPSA) is 89.7 Å². The molecule has 7 nitrogen and oxygen atoms in total. The number of ether oxygens (including phenoxy) is 3. The summed E-state index contributed by atoms with van der Waals surface area (Å²) in [6.07, 6.45) is 0. The highest BCUT2D eigenvalue weighted by molar-refractivity contribution is 6.49. The molecule has 0 atom stereocenters. The van der Waals surface area contributed by atoms with Crippen molar-refractivity contribution >= 4 is 33.9 Å². The Labute approximate surface area is 160 Å². The van der Waals surface area contributed by atoms with Crippen molar-refractivity contribution in [2.24, 2.45) is 0 Å². The van der Waals surface area contributed by atoms with Crippen LogP contribution in [0.1, 0.15) is 11.3 Å². The van der Waals surface area contributed by atoms with E-state index >= 15 is 0 Å². The van der Waals surface area contributed by atoms with Crippen LogP contribution in [0.15, 0.2) is 42.5 Å². The van der Waals surface area contributed by atoms with Crippen LogP contribution in [0, 0.1) is 0 Å². The van der Waals surface area contributed by atoms with Gasteiger partial charge in [0.2, 0.25) is 5.75 Å². The van der Waals surface area contributed by atoms with Gasteiger partial charge in [0, 0.05) is 10.9 Å². The Balaban J connectivity index is 1.97. The number of amides is 2. The molecular weight excluding hydrogens is 360 g/mol. The fourth-order valence-corrected chi connectivity index (χ4v) is 3.42. The van der Waals surface area contributed by atoms with Gasteiger partial charge >= 0.3 is 0 Å². The quantitative estimate of drug-likeness (QED) is 0.667. The van der Waals surface area contributed by atoms with Crippen LogP contribution in [-0.4, -0.2) is 38.1 Å². The molecular formula is C21H18N2O5. The lowest BCUT2D eigenvalue weighted by molar-refractivity contribution is -0.122. The number of para-hydroxylation sites is 1. The Morgan fingerprint density at radius 3 is 2.04 bits per heavy atom. The third-order valence-corrected chi connectivity index (χ3v) is 4.68. The number of carbonyl (C=O) groups is 2. The van der Waals surface area contributed by atoms with Gasteiger partial charge in [-0.15, -0.1) is 0 Å². The number of carbonyl (C=O) groups excluding carboxylic acids is 2. The molecule has 3 aromatic rings. The maximum Gasteiger partial charge on any atom is 0.261 e. The van der Waals surface area contributed by atoms with Gasteiger partial charge in [0.25, 0.3) is 11.8 Å². The first kappa shape index (κ1) is 17.7.